The van der Waals surface area contributed by atoms with Gasteiger partial charge in [0.2, 0.25) is 0 Å². The molecule has 298 valence electrons. The Hall–Kier alpha value is -5.29. The van der Waals surface area contributed by atoms with Gasteiger partial charge in [0.05, 0.1) is 0 Å². The Morgan fingerprint density at radius 1 is 0.362 bits per heavy atom. The fourth-order valence-corrected chi connectivity index (χ4v) is 8.58. The number of nitrogens with zero attached hydrogens (tertiary/aromatic N) is 3. The van der Waals surface area contributed by atoms with Crippen molar-refractivity contribution in [3.63, 3.8) is 0 Å². The van der Waals surface area contributed by atoms with E-state index in [1.807, 2.05) is 18.2 Å². The zero-order valence-electron chi connectivity index (χ0n) is 37.2. The average molecular weight is 770 g/mol. The molecule has 3 heterocycles. The molecule has 0 aliphatic rings. The van der Waals surface area contributed by atoms with Gasteiger partial charge in [-0.2, -0.15) is 0 Å². The van der Waals surface area contributed by atoms with Gasteiger partial charge in [0.15, 0.2) is 17.5 Å². The topological polar surface area (TPSA) is 65.0 Å². The van der Waals surface area contributed by atoms with E-state index in [9.17, 15) is 0 Å². The maximum Gasteiger partial charge on any atom is 0.164 e. The highest BCUT2D eigenvalue weighted by atomic mass is 16.3. The molecule has 5 nitrogen and oxygen atoms in total. The van der Waals surface area contributed by atoms with Crippen LogP contribution in [0.25, 0.3) is 78.0 Å². The van der Waals surface area contributed by atoms with Crippen LogP contribution in [0.15, 0.2) is 93.8 Å². The maximum atomic E-state index is 7.12. The van der Waals surface area contributed by atoms with Crippen molar-refractivity contribution in [2.45, 2.75) is 131 Å². The van der Waals surface area contributed by atoms with Crippen molar-refractivity contribution in [2.24, 2.45) is 0 Å². The second-order valence-corrected chi connectivity index (χ2v) is 21.4. The van der Waals surface area contributed by atoms with Crippen molar-refractivity contribution in [1.29, 1.82) is 0 Å². The summed E-state index contributed by atoms with van der Waals surface area (Å²) < 4.78 is 14.1. The van der Waals surface area contributed by atoms with Gasteiger partial charge in [0.25, 0.3) is 0 Å². The summed E-state index contributed by atoms with van der Waals surface area (Å²) in [5.41, 5.74) is 11.5. The van der Waals surface area contributed by atoms with Crippen LogP contribution in [-0.4, -0.2) is 15.0 Å². The molecular formula is C53H59N3O2. The summed E-state index contributed by atoms with van der Waals surface area (Å²) >= 11 is 0. The third-order valence-corrected chi connectivity index (χ3v) is 11.5. The Morgan fingerprint density at radius 2 is 0.828 bits per heavy atom. The van der Waals surface area contributed by atoms with E-state index in [1.165, 1.54) is 16.7 Å². The third-order valence-electron chi connectivity index (χ3n) is 11.5. The number of rotatable bonds is 3. The summed E-state index contributed by atoms with van der Waals surface area (Å²) in [5, 5.41) is 4.48. The maximum absolute atomic E-state index is 7.12. The predicted molar refractivity (Wildman–Crippen MR) is 244 cm³/mol. The van der Waals surface area contributed by atoms with Gasteiger partial charge in [0.1, 0.15) is 22.3 Å². The molecule has 0 amide bonds. The number of benzene rings is 5. The van der Waals surface area contributed by atoms with E-state index in [1.54, 1.807) is 0 Å². The summed E-state index contributed by atoms with van der Waals surface area (Å²) in [5.74, 6) is 1.85. The molecule has 0 saturated heterocycles. The molecule has 0 saturated carbocycles. The minimum Gasteiger partial charge on any atom is -0.455 e. The number of para-hydroxylation sites is 1. The first kappa shape index (κ1) is 39.5. The zero-order valence-corrected chi connectivity index (χ0v) is 37.2. The normalized spacial score (nSPS) is 13.4. The molecule has 58 heavy (non-hydrogen) atoms. The van der Waals surface area contributed by atoms with Crippen molar-refractivity contribution < 1.29 is 8.83 Å². The van der Waals surface area contributed by atoms with E-state index in [0.29, 0.717) is 17.5 Å². The van der Waals surface area contributed by atoms with Crippen LogP contribution in [0.3, 0.4) is 0 Å². The average Bonchev–Trinajstić information content (AvgIpc) is 3.70. The molecule has 8 aromatic rings. The number of aromatic nitrogens is 3. The van der Waals surface area contributed by atoms with E-state index in [4.69, 9.17) is 23.8 Å². The minimum atomic E-state index is -0.314. The molecule has 0 aliphatic carbocycles. The third kappa shape index (κ3) is 6.70. The Balaban J connectivity index is 1.45. The molecule has 0 N–H and O–H groups in total. The Kier molecular flexibility index (Phi) is 8.94. The Labute approximate surface area is 344 Å². The number of hydrogen-bond donors (Lipinski definition) is 0. The fourth-order valence-electron chi connectivity index (χ4n) is 8.58. The lowest BCUT2D eigenvalue weighted by atomic mass is 9.79. The second kappa shape index (κ2) is 13.1. The van der Waals surface area contributed by atoms with Gasteiger partial charge < -0.3 is 8.83 Å². The first-order chi connectivity index (χ1) is 26.9. The number of hydrogen-bond acceptors (Lipinski definition) is 5. The summed E-state index contributed by atoms with van der Waals surface area (Å²) in [7, 11) is 0. The first-order valence-electron chi connectivity index (χ1n) is 20.8. The number of fused-ring (bicyclic) bond motifs is 6. The van der Waals surface area contributed by atoms with Crippen LogP contribution >= 0.6 is 0 Å². The lowest BCUT2D eigenvalue weighted by molar-refractivity contribution is 0.551. The molecule has 8 rings (SSSR count). The summed E-state index contributed by atoms with van der Waals surface area (Å²) in [6, 6.07) is 30.2. The molecule has 3 aromatic heterocycles. The largest absolute Gasteiger partial charge is 0.455 e. The fraction of sp³-hybridized carbons (Fsp3) is 0.377. The predicted octanol–water partition coefficient (Wildman–Crippen LogP) is 15.2. The molecule has 0 radical (unpaired) electrons. The highest BCUT2D eigenvalue weighted by Crippen LogP contribution is 2.47. The second-order valence-electron chi connectivity index (χ2n) is 21.4. The molecule has 0 atom stereocenters. The molecule has 0 unspecified atom stereocenters. The lowest BCUT2D eigenvalue weighted by Crippen LogP contribution is -2.16. The van der Waals surface area contributed by atoms with Crippen molar-refractivity contribution in [2.75, 3.05) is 0 Å². The minimum absolute atomic E-state index is 0.0220. The van der Waals surface area contributed by atoms with E-state index >= 15 is 0 Å². The van der Waals surface area contributed by atoms with Gasteiger partial charge in [-0.3, -0.25) is 0 Å². The highest BCUT2D eigenvalue weighted by Gasteiger charge is 2.32. The Morgan fingerprint density at radius 3 is 1.31 bits per heavy atom. The van der Waals surface area contributed by atoms with E-state index in [-0.39, 0.29) is 27.1 Å². The van der Waals surface area contributed by atoms with Crippen LogP contribution in [0.1, 0.15) is 132 Å². The Bertz CT molecular complexity index is 2890. The van der Waals surface area contributed by atoms with Crippen LogP contribution in [0.4, 0.5) is 0 Å². The van der Waals surface area contributed by atoms with Gasteiger partial charge in [-0.05, 0) is 63.0 Å². The molecule has 0 spiro atoms. The van der Waals surface area contributed by atoms with Crippen molar-refractivity contribution >= 4 is 43.9 Å². The van der Waals surface area contributed by atoms with Crippen LogP contribution in [0.5, 0.6) is 0 Å². The molecular weight excluding hydrogens is 711 g/mol. The smallest absolute Gasteiger partial charge is 0.164 e. The van der Waals surface area contributed by atoms with Crippen LogP contribution in [0, 0.1) is 0 Å². The van der Waals surface area contributed by atoms with E-state index < -0.39 is 0 Å². The molecule has 0 aliphatic heterocycles. The molecule has 5 aromatic carbocycles. The molecule has 5 heteroatoms. The molecule has 0 bridgehead atoms. The van der Waals surface area contributed by atoms with Gasteiger partial charge in [-0.1, -0.05) is 158 Å². The lowest BCUT2D eigenvalue weighted by Gasteiger charge is -2.25. The van der Waals surface area contributed by atoms with Crippen molar-refractivity contribution in [1.82, 2.24) is 15.0 Å². The van der Waals surface area contributed by atoms with Gasteiger partial charge in [-0.25, -0.2) is 15.0 Å². The van der Waals surface area contributed by atoms with Crippen LogP contribution < -0.4 is 0 Å². The standard InChI is InChI=1S/C53H59N3O2/c1-49(2,3)31-28-37-34-25-27-36(41(53(13,14)15)45(34)58-43(37)39(29-31)51(7,8)9)48-55-46(30-20-17-16-18-21-30)54-47(56-48)35-26-24-33-32-22-19-23-38(50(4,5)6)42(32)57-44(33)40(35)52(10,11)12/h16-29H,1-15H3. The quantitative estimate of drug-likeness (QED) is 0.179. The van der Waals surface area contributed by atoms with Gasteiger partial charge >= 0.3 is 0 Å². The van der Waals surface area contributed by atoms with Crippen molar-refractivity contribution in [3.05, 3.63) is 113 Å². The zero-order chi connectivity index (χ0) is 41.9. The van der Waals surface area contributed by atoms with Crippen molar-refractivity contribution in [3.8, 4) is 34.2 Å². The van der Waals surface area contributed by atoms with Gasteiger partial charge in [0, 0.05) is 60.5 Å². The SMILES string of the molecule is CC(C)(C)c1cc(C(C)(C)C)c2oc3c(C(C)(C)C)c(-c4nc(-c5ccccc5)nc(-c5ccc6c(oc7c(C(C)(C)C)cccc76)c5C(C)(C)C)n4)ccc3c2c1. The van der Waals surface area contributed by atoms with E-state index in [0.717, 1.165) is 71.7 Å². The van der Waals surface area contributed by atoms with E-state index in [2.05, 4.69) is 171 Å². The monoisotopic (exact) mass is 769 g/mol. The van der Waals surface area contributed by atoms with Crippen LogP contribution in [-0.2, 0) is 27.1 Å². The van der Waals surface area contributed by atoms with Crippen LogP contribution in [0.2, 0.25) is 0 Å². The summed E-state index contributed by atoms with van der Waals surface area (Å²) in [6.07, 6.45) is 0. The van der Waals surface area contributed by atoms with Gasteiger partial charge in [-0.15, -0.1) is 0 Å². The summed E-state index contributed by atoms with van der Waals surface area (Å²) in [4.78, 5) is 16.0. The summed E-state index contributed by atoms with van der Waals surface area (Å²) in [6.45, 7) is 33.9. The molecule has 0 fully saturated rings. The first-order valence-corrected chi connectivity index (χ1v) is 20.8. The highest BCUT2D eigenvalue weighted by molar-refractivity contribution is 6.10. The number of furan rings is 2.